The molecule has 0 bridgehead atoms. The predicted octanol–water partition coefficient (Wildman–Crippen LogP) is -0.0666. The molecule has 3 nitrogen and oxygen atoms in total. The maximum absolute atomic E-state index is 10.7. The van der Waals surface area contributed by atoms with Gasteiger partial charge in [0.2, 0.25) is 0 Å². The smallest absolute Gasteiger partial charge is 0.252 e. The van der Waals surface area contributed by atoms with Crippen molar-refractivity contribution in [2.24, 2.45) is 0 Å². The van der Waals surface area contributed by atoms with Crippen LogP contribution in [0.2, 0.25) is 0 Å². The lowest BCUT2D eigenvalue weighted by Crippen LogP contribution is -2.31. The molecule has 1 amide bonds. The number of rotatable bonds is 3. The molecule has 0 aromatic rings. The summed E-state index contributed by atoms with van der Waals surface area (Å²) in [7, 11) is 3.01. The van der Waals surface area contributed by atoms with Crippen molar-refractivity contribution in [3.05, 3.63) is 12.7 Å². The van der Waals surface area contributed by atoms with Gasteiger partial charge in [-0.25, -0.2) is 0 Å². The highest BCUT2D eigenvalue weighted by Gasteiger charge is 2.09. The maximum Gasteiger partial charge on any atom is 0.252 e. The fraction of sp³-hybridized carbons (Fsp3) is 0.500. The first-order valence-electron chi connectivity index (χ1n) is 2.63. The number of hydrogen-bond donors (Lipinski definition) is 1. The van der Waals surface area contributed by atoms with E-state index in [9.17, 15) is 4.79 Å². The fourth-order valence-electron chi connectivity index (χ4n) is 0.453. The third-order valence-corrected chi connectivity index (χ3v) is 0.973. The van der Waals surface area contributed by atoms with E-state index < -0.39 is 6.10 Å². The molecule has 0 heterocycles. The summed E-state index contributed by atoms with van der Waals surface area (Å²) in [6.07, 6.45) is 0.925. The van der Waals surface area contributed by atoms with Gasteiger partial charge in [-0.1, -0.05) is 12.7 Å². The molecular weight excluding hydrogens is 118 g/mol. The van der Waals surface area contributed by atoms with Crippen molar-refractivity contribution < 1.29 is 9.53 Å². The summed E-state index contributed by atoms with van der Waals surface area (Å²) in [6, 6.07) is 0. The minimum absolute atomic E-state index is 0.174. The summed E-state index contributed by atoms with van der Waals surface area (Å²) < 4.78 is 4.72. The average molecular weight is 129 g/mol. The second-order valence-electron chi connectivity index (χ2n) is 1.51. The predicted molar refractivity (Wildman–Crippen MR) is 35.1 cm³/mol. The van der Waals surface area contributed by atoms with Gasteiger partial charge >= 0.3 is 0 Å². The Morgan fingerprint density at radius 3 is 2.56 bits per heavy atom. The van der Waals surface area contributed by atoms with Crippen molar-refractivity contribution in [3.63, 3.8) is 0 Å². The fourth-order valence-corrected chi connectivity index (χ4v) is 0.453. The van der Waals surface area contributed by atoms with E-state index in [1.807, 2.05) is 0 Å². The van der Waals surface area contributed by atoms with Crippen LogP contribution in [-0.4, -0.2) is 26.2 Å². The SMILES string of the molecule is C=C[C@@H](OC)C(=O)NC. The van der Waals surface area contributed by atoms with Crippen molar-refractivity contribution in [2.75, 3.05) is 14.2 Å². The highest BCUT2D eigenvalue weighted by atomic mass is 16.5. The van der Waals surface area contributed by atoms with Gasteiger partial charge in [0.15, 0.2) is 6.10 Å². The monoisotopic (exact) mass is 129 g/mol. The molecule has 0 aromatic carbocycles. The Morgan fingerprint density at radius 1 is 1.89 bits per heavy atom. The summed E-state index contributed by atoms with van der Waals surface area (Å²) in [5.74, 6) is -0.174. The third kappa shape index (κ3) is 2.28. The lowest BCUT2D eigenvalue weighted by atomic mass is 10.3. The van der Waals surface area contributed by atoms with Crippen LogP contribution >= 0.6 is 0 Å². The molecule has 0 aliphatic heterocycles. The lowest BCUT2D eigenvalue weighted by molar-refractivity contribution is -0.127. The van der Waals surface area contributed by atoms with Gasteiger partial charge in [-0.05, 0) is 0 Å². The summed E-state index contributed by atoms with van der Waals surface area (Å²) >= 11 is 0. The van der Waals surface area contributed by atoms with Crippen LogP contribution in [0.4, 0.5) is 0 Å². The molecule has 1 atom stereocenters. The van der Waals surface area contributed by atoms with Gasteiger partial charge in [-0.2, -0.15) is 0 Å². The number of hydrogen-bond acceptors (Lipinski definition) is 2. The molecule has 0 radical (unpaired) electrons. The van der Waals surface area contributed by atoms with Crippen LogP contribution in [-0.2, 0) is 9.53 Å². The van der Waals surface area contributed by atoms with E-state index in [1.54, 1.807) is 7.05 Å². The first-order chi connectivity index (χ1) is 4.26. The summed E-state index contributed by atoms with van der Waals surface area (Å²) in [5, 5.41) is 2.43. The molecule has 3 heteroatoms. The molecule has 0 saturated heterocycles. The standard InChI is InChI=1S/C6H11NO2/c1-4-5(9-3)6(8)7-2/h4-5H,1H2,2-3H3,(H,7,8)/t5-/m1/s1. The normalized spacial score (nSPS) is 12.2. The third-order valence-electron chi connectivity index (χ3n) is 0.973. The minimum atomic E-state index is -0.519. The van der Waals surface area contributed by atoms with Gasteiger partial charge in [-0.15, -0.1) is 0 Å². The minimum Gasteiger partial charge on any atom is -0.368 e. The highest BCUT2D eigenvalue weighted by Crippen LogP contribution is 1.88. The van der Waals surface area contributed by atoms with E-state index >= 15 is 0 Å². The number of methoxy groups -OCH3 is 1. The van der Waals surface area contributed by atoms with Crippen LogP contribution in [0.5, 0.6) is 0 Å². The van der Waals surface area contributed by atoms with Gasteiger partial charge in [0, 0.05) is 14.2 Å². The number of carbonyl (C=O) groups is 1. The molecular formula is C6H11NO2. The second kappa shape index (κ2) is 4.09. The van der Waals surface area contributed by atoms with Crippen molar-refractivity contribution in [1.82, 2.24) is 5.32 Å². The molecule has 9 heavy (non-hydrogen) atoms. The Balaban J connectivity index is 3.78. The number of likely N-dealkylation sites (N-methyl/N-ethyl adjacent to an activating group) is 1. The van der Waals surface area contributed by atoms with E-state index in [4.69, 9.17) is 4.74 Å². The molecule has 52 valence electrons. The molecule has 0 aliphatic rings. The van der Waals surface area contributed by atoms with Crippen molar-refractivity contribution in [1.29, 1.82) is 0 Å². The van der Waals surface area contributed by atoms with Crippen LogP contribution in [0.3, 0.4) is 0 Å². The van der Waals surface area contributed by atoms with Crippen LogP contribution < -0.4 is 5.32 Å². The van der Waals surface area contributed by atoms with E-state index in [1.165, 1.54) is 13.2 Å². The van der Waals surface area contributed by atoms with Gasteiger partial charge < -0.3 is 10.1 Å². The Morgan fingerprint density at radius 2 is 2.44 bits per heavy atom. The molecule has 0 saturated carbocycles. The zero-order valence-electron chi connectivity index (χ0n) is 5.68. The maximum atomic E-state index is 10.7. The molecule has 0 unspecified atom stereocenters. The second-order valence-corrected chi connectivity index (χ2v) is 1.51. The van der Waals surface area contributed by atoms with Gasteiger partial charge in [0.05, 0.1) is 0 Å². The summed E-state index contributed by atoms with van der Waals surface area (Å²) in [5.41, 5.74) is 0. The quantitative estimate of drug-likeness (QED) is 0.542. The first-order valence-corrected chi connectivity index (χ1v) is 2.63. The topological polar surface area (TPSA) is 38.3 Å². The first kappa shape index (κ1) is 8.17. The molecule has 1 N–H and O–H groups in total. The van der Waals surface area contributed by atoms with Crippen molar-refractivity contribution >= 4 is 5.91 Å². The van der Waals surface area contributed by atoms with E-state index in [0.29, 0.717) is 0 Å². The molecule has 0 spiro atoms. The zero-order chi connectivity index (χ0) is 7.28. The van der Waals surface area contributed by atoms with Crippen molar-refractivity contribution in [2.45, 2.75) is 6.10 Å². The largest absolute Gasteiger partial charge is 0.368 e. The van der Waals surface area contributed by atoms with Crippen LogP contribution in [0.25, 0.3) is 0 Å². The summed E-state index contributed by atoms with van der Waals surface area (Å²) in [6.45, 7) is 3.42. The van der Waals surface area contributed by atoms with E-state index in [0.717, 1.165) is 0 Å². The Hall–Kier alpha value is -0.830. The van der Waals surface area contributed by atoms with Crippen LogP contribution in [0.1, 0.15) is 0 Å². The van der Waals surface area contributed by atoms with E-state index in [2.05, 4.69) is 11.9 Å². The molecule has 0 aliphatic carbocycles. The van der Waals surface area contributed by atoms with Crippen molar-refractivity contribution in [3.8, 4) is 0 Å². The number of nitrogens with one attached hydrogen (secondary N) is 1. The highest BCUT2D eigenvalue weighted by molar-refractivity contribution is 5.82. The Labute approximate surface area is 54.7 Å². The van der Waals surface area contributed by atoms with E-state index in [-0.39, 0.29) is 5.91 Å². The number of ether oxygens (including phenoxy) is 1. The Bertz CT molecular complexity index is 112. The number of carbonyl (C=O) groups excluding carboxylic acids is 1. The summed E-state index contributed by atoms with van der Waals surface area (Å²) in [4.78, 5) is 10.7. The zero-order valence-corrected chi connectivity index (χ0v) is 5.68. The molecule has 0 rings (SSSR count). The number of amides is 1. The van der Waals surface area contributed by atoms with Gasteiger partial charge in [0.1, 0.15) is 0 Å². The molecule has 0 fully saturated rings. The lowest BCUT2D eigenvalue weighted by Gasteiger charge is -2.06. The van der Waals surface area contributed by atoms with Gasteiger partial charge in [-0.3, -0.25) is 4.79 Å². The average Bonchev–Trinajstić information content (AvgIpc) is 1.90. The van der Waals surface area contributed by atoms with Crippen LogP contribution in [0, 0.1) is 0 Å². The van der Waals surface area contributed by atoms with Gasteiger partial charge in [0.25, 0.3) is 5.91 Å². The Kier molecular flexibility index (Phi) is 3.71. The van der Waals surface area contributed by atoms with Crippen LogP contribution in [0.15, 0.2) is 12.7 Å². The molecule has 0 aromatic heterocycles.